The molecule has 0 aliphatic heterocycles. The third-order valence-electron chi connectivity index (χ3n) is 0.741. The smallest absolute Gasteiger partial charge is 0.348 e. The van der Waals surface area contributed by atoms with Crippen molar-refractivity contribution >= 4 is 18.2 Å². The summed E-state index contributed by atoms with van der Waals surface area (Å²) in [5.74, 6) is -1.20. The van der Waals surface area contributed by atoms with Gasteiger partial charge in [-0.05, 0) is 0 Å². The highest BCUT2D eigenvalue weighted by molar-refractivity contribution is 6.22. The summed E-state index contributed by atoms with van der Waals surface area (Å²) < 4.78 is 0. The van der Waals surface area contributed by atoms with E-state index in [0.29, 0.717) is 6.21 Å². The number of carboxylic acids is 1. The molecule has 0 atom stereocenters. The normalized spacial score (nSPS) is 9.64. The molecule has 0 aromatic carbocycles. The van der Waals surface area contributed by atoms with Gasteiger partial charge in [0.1, 0.15) is 6.21 Å². The molecule has 11 heavy (non-hydrogen) atoms. The van der Waals surface area contributed by atoms with E-state index >= 15 is 0 Å². The molecule has 0 rings (SSSR count). The van der Waals surface area contributed by atoms with Crippen LogP contribution >= 0.6 is 0 Å². The van der Waals surface area contributed by atoms with Crippen molar-refractivity contribution in [2.45, 2.75) is 0 Å². The highest BCUT2D eigenvalue weighted by Gasteiger charge is 1.98. The molecule has 0 aliphatic carbocycles. The van der Waals surface area contributed by atoms with Crippen molar-refractivity contribution < 1.29 is 14.7 Å². The third-order valence-corrected chi connectivity index (χ3v) is 0.741. The Bertz CT molecular complexity index is 187. The lowest BCUT2D eigenvalue weighted by molar-refractivity contribution is -0.128. The van der Waals surface area contributed by atoms with Crippen molar-refractivity contribution in [3.05, 3.63) is 0 Å². The number of amides is 2. The Hall–Kier alpha value is -1.59. The van der Waals surface area contributed by atoms with Crippen LogP contribution < -0.4 is 5.43 Å². The number of hydrogen-bond donors (Lipinski definition) is 2. The third kappa shape index (κ3) is 4.89. The van der Waals surface area contributed by atoms with Crippen LogP contribution in [0.15, 0.2) is 5.10 Å². The first-order valence-corrected chi connectivity index (χ1v) is 2.77. The molecule has 6 nitrogen and oxygen atoms in total. The van der Waals surface area contributed by atoms with E-state index in [2.05, 4.69) is 5.10 Å². The molecule has 0 aliphatic rings. The summed E-state index contributed by atoms with van der Waals surface area (Å²) in [5.41, 5.74) is 1.99. The van der Waals surface area contributed by atoms with Crippen LogP contribution in [0.25, 0.3) is 0 Å². The van der Waals surface area contributed by atoms with Gasteiger partial charge in [-0.15, -0.1) is 0 Å². The first-order chi connectivity index (χ1) is 5.04. The quantitative estimate of drug-likeness (QED) is 0.414. The van der Waals surface area contributed by atoms with Gasteiger partial charge in [0.2, 0.25) is 0 Å². The Labute approximate surface area is 63.5 Å². The van der Waals surface area contributed by atoms with Gasteiger partial charge in [-0.1, -0.05) is 0 Å². The monoisotopic (exact) mass is 159 g/mol. The number of nitrogens with one attached hydrogen (secondary N) is 1. The second-order valence-corrected chi connectivity index (χ2v) is 1.91. The average molecular weight is 159 g/mol. The van der Waals surface area contributed by atoms with Crippen molar-refractivity contribution in [3.63, 3.8) is 0 Å². The lowest BCUT2D eigenvalue weighted by Gasteiger charge is -2.06. The number of carbonyl (C=O) groups excluding carboxylic acids is 1. The summed E-state index contributed by atoms with van der Waals surface area (Å²) in [6.45, 7) is 0. The minimum atomic E-state index is -1.20. The lowest BCUT2D eigenvalue weighted by atomic mass is 10.8. The molecule has 0 saturated carbocycles. The Morgan fingerprint density at radius 1 is 1.55 bits per heavy atom. The molecule has 0 spiro atoms. The van der Waals surface area contributed by atoms with Crippen molar-refractivity contribution in [1.82, 2.24) is 10.3 Å². The van der Waals surface area contributed by atoms with Crippen molar-refractivity contribution in [3.8, 4) is 0 Å². The second-order valence-electron chi connectivity index (χ2n) is 1.91. The van der Waals surface area contributed by atoms with E-state index in [4.69, 9.17) is 5.11 Å². The van der Waals surface area contributed by atoms with Crippen LogP contribution in [0.3, 0.4) is 0 Å². The number of nitrogens with zero attached hydrogens (tertiary/aromatic N) is 2. The van der Waals surface area contributed by atoms with Crippen LogP contribution in [0.4, 0.5) is 4.79 Å². The fourth-order valence-electron chi connectivity index (χ4n) is 0.243. The number of rotatable bonds is 2. The van der Waals surface area contributed by atoms with Crippen LogP contribution in [0.2, 0.25) is 0 Å². The van der Waals surface area contributed by atoms with Gasteiger partial charge in [-0.2, -0.15) is 5.10 Å². The van der Waals surface area contributed by atoms with E-state index in [1.807, 2.05) is 5.43 Å². The topological polar surface area (TPSA) is 82.0 Å². The van der Waals surface area contributed by atoms with Crippen LogP contribution in [0, 0.1) is 0 Å². The standard InChI is InChI=1S/C5H9N3O3/c1-8(2)5(11)7-6-3-4(9)10/h3H,1-2H3,(H,7,11)(H,9,10)/b6-3-. The zero-order valence-corrected chi connectivity index (χ0v) is 6.24. The van der Waals surface area contributed by atoms with Gasteiger partial charge in [0.05, 0.1) is 0 Å². The molecule has 2 N–H and O–H groups in total. The maximum absolute atomic E-state index is 10.6. The predicted octanol–water partition coefficient (Wildman–Crippen LogP) is -0.672. The molecule has 0 aromatic rings. The molecule has 0 radical (unpaired) electrons. The number of aliphatic carboxylic acids is 1. The zero-order chi connectivity index (χ0) is 8.85. The van der Waals surface area contributed by atoms with Gasteiger partial charge in [-0.3, -0.25) is 0 Å². The Balaban J connectivity index is 3.71. The zero-order valence-electron chi connectivity index (χ0n) is 6.24. The predicted molar refractivity (Wildman–Crippen MR) is 38.3 cm³/mol. The molecular formula is C5H9N3O3. The fraction of sp³-hybridized carbons (Fsp3) is 0.400. The highest BCUT2D eigenvalue weighted by atomic mass is 16.4. The molecule has 62 valence electrons. The van der Waals surface area contributed by atoms with Crippen molar-refractivity contribution in [1.29, 1.82) is 0 Å². The van der Waals surface area contributed by atoms with E-state index in [1.54, 1.807) is 0 Å². The second kappa shape index (κ2) is 4.26. The Morgan fingerprint density at radius 2 is 2.09 bits per heavy atom. The summed E-state index contributed by atoms with van der Waals surface area (Å²) >= 11 is 0. The summed E-state index contributed by atoms with van der Waals surface area (Å²) in [6, 6.07) is -0.470. The number of carbonyl (C=O) groups is 2. The maximum atomic E-state index is 10.6. The first-order valence-electron chi connectivity index (χ1n) is 2.77. The molecule has 0 fully saturated rings. The molecule has 2 amide bonds. The van der Waals surface area contributed by atoms with E-state index in [1.165, 1.54) is 19.0 Å². The minimum absolute atomic E-state index is 0.470. The average Bonchev–Trinajstić information content (AvgIpc) is 1.86. The fourth-order valence-corrected chi connectivity index (χ4v) is 0.243. The Kier molecular flexibility index (Phi) is 3.65. The number of hydrogen-bond acceptors (Lipinski definition) is 3. The van der Waals surface area contributed by atoms with Gasteiger partial charge in [0.25, 0.3) is 0 Å². The van der Waals surface area contributed by atoms with Gasteiger partial charge < -0.3 is 10.0 Å². The van der Waals surface area contributed by atoms with Crippen LogP contribution in [0.1, 0.15) is 0 Å². The summed E-state index contributed by atoms with van der Waals surface area (Å²) in [6.07, 6.45) is 0.599. The molecule has 0 aromatic heterocycles. The number of hydrazone groups is 1. The molecular weight excluding hydrogens is 150 g/mol. The highest BCUT2D eigenvalue weighted by Crippen LogP contribution is 1.74. The van der Waals surface area contributed by atoms with Gasteiger partial charge in [-0.25, -0.2) is 15.0 Å². The molecule has 0 unspecified atom stereocenters. The molecule has 6 heteroatoms. The summed E-state index contributed by atoms with van der Waals surface area (Å²) in [5, 5.41) is 11.2. The van der Waals surface area contributed by atoms with Crippen LogP contribution in [-0.4, -0.2) is 42.3 Å². The summed E-state index contributed by atoms with van der Waals surface area (Å²) in [7, 11) is 3.04. The van der Waals surface area contributed by atoms with E-state index < -0.39 is 12.0 Å². The van der Waals surface area contributed by atoms with Gasteiger partial charge >= 0.3 is 12.0 Å². The van der Waals surface area contributed by atoms with Gasteiger partial charge in [0, 0.05) is 14.1 Å². The van der Waals surface area contributed by atoms with E-state index in [9.17, 15) is 9.59 Å². The van der Waals surface area contributed by atoms with Crippen LogP contribution in [0.5, 0.6) is 0 Å². The van der Waals surface area contributed by atoms with Crippen LogP contribution in [-0.2, 0) is 4.79 Å². The molecule has 0 bridgehead atoms. The largest absolute Gasteiger partial charge is 0.477 e. The maximum Gasteiger partial charge on any atom is 0.348 e. The number of carboxylic acid groups (broad SMARTS) is 1. The molecule has 0 heterocycles. The first kappa shape index (κ1) is 9.41. The number of urea groups is 1. The van der Waals surface area contributed by atoms with E-state index in [0.717, 1.165) is 0 Å². The van der Waals surface area contributed by atoms with Gasteiger partial charge in [0.15, 0.2) is 0 Å². The van der Waals surface area contributed by atoms with Crippen molar-refractivity contribution in [2.24, 2.45) is 5.10 Å². The van der Waals surface area contributed by atoms with E-state index in [-0.39, 0.29) is 0 Å². The lowest BCUT2D eigenvalue weighted by Crippen LogP contribution is -2.31. The Morgan fingerprint density at radius 3 is 2.45 bits per heavy atom. The summed E-state index contributed by atoms with van der Waals surface area (Å²) in [4.78, 5) is 21.7. The van der Waals surface area contributed by atoms with Crippen molar-refractivity contribution in [2.75, 3.05) is 14.1 Å². The molecule has 0 saturated heterocycles. The SMILES string of the molecule is CN(C)C(=O)N/N=C\C(=O)O. The minimum Gasteiger partial charge on any atom is -0.477 e.